The van der Waals surface area contributed by atoms with Crippen molar-refractivity contribution < 1.29 is 9.53 Å². The molecule has 1 amide bonds. The van der Waals surface area contributed by atoms with Crippen LogP contribution in [-0.4, -0.2) is 28.5 Å². The molecule has 92 valence electrons. The van der Waals surface area contributed by atoms with Crippen molar-refractivity contribution in [3.8, 4) is 0 Å². The van der Waals surface area contributed by atoms with Gasteiger partial charge in [-0.15, -0.1) is 0 Å². The van der Waals surface area contributed by atoms with Crippen molar-refractivity contribution in [2.24, 2.45) is 5.92 Å². The zero-order valence-corrected chi connectivity index (χ0v) is 9.50. The number of nitrogens with one attached hydrogen (secondary N) is 1. The van der Waals surface area contributed by atoms with E-state index in [1.807, 2.05) is 0 Å². The highest BCUT2D eigenvalue weighted by atomic mass is 16.5. The topological polar surface area (TPSA) is 72.7 Å². The SMILES string of the molecule is O=C(Nc1cc(=O)n2ccccc2n1)C1COC1. The third-order valence-electron chi connectivity index (χ3n) is 2.83. The minimum Gasteiger partial charge on any atom is -0.380 e. The molecule has 0 aromatic carbocycles. The van der Waals surface area contributed by atoms with Crippen LogP contribution in [0.25, 0.3) is 5.65 Å². The predicted octanol–water partition coefficient (Wildman–Crippen LogP) is 0.279. The van der Waals surface area contributed by atoms with Gasteiger partial charge in [0.05, 0.1) is 19.1 Å². The molecule has 6 nitrogen and oxygen atoms in total. The number of nitrogens with zero attached hydrogens (tertiary/aromatic N) is 2. The number of carbonyl (C=O) groups excluding carboxylic acids is 1. The number of aromatic nitrogens is 2. The third-order valence-corrected chi connectivity index (χ3v) is 2.83. The molecule has 1 aliphatic rings. The molecule has 0 atom stereocenters. The summed E-state index contributed by atoms with van der Waals surface area (Å²) in [4.78, 5) is 27.7. The fourth-order valence-corrected chi connectivity index (χ4v) is 1.73. The zero-order valence-electron chi connectivity index (χ0n) is 9.50. The van der Waals surface area contributed by atoms with E-state index < -0.39 is 0 Å². The lowest BCUT2D eigenvalue weighted by molar-refractivity contribution is -0.133. The van der Waals surface area contributed by atoms with Gasteiger partial charge in [0.2, 0.25) is 5.91 Å². The van der Waals surface area contributed by atoms with Crippen LogP contribution in [0, 0.1) is 5.92 Å². The van der Waals surface area contributed by atoms with Gasteiger partial charge in [0.25, 0.3) is 5.56 Å². The number of hydrogen-bond donors (Lipinski definition) is 1. The first-order valence-electron chi connectivity index (χ1n) is 5.61. The Hall–Kier alpha value is -2.21. The normalized spacial score (nSPS) is 15.3. The summed E-state index contributed by atoms with van der Waals surface area (Å²) in [6, 6.07) is 6.56. The Labute approximate surface area is 102 Å². The van der Waals surface area contributed by atoms with E-state index in [4.69, 9.17) is 4.74 Å². The molecule has 0 saturated carbocycles. The smallest absolute Gasteiger partial charge is 0.259 e. The van der Waals surface area contributed by atoms with E-state index in [-0.39, 0.29) is 23.2 Å². The van der Waals surface area contributed by atoms with Gasteiger partial charge in [-0.25, -0.2) is 4.98 Å². The second kappa shape index (κ2) is 4.23. The number of carbonyl (C=O) groups is 1. The van der Waals surface area contributed by atoms with Gasteiger partial charge in [0, 0.05) is 12.3 Å². The highest BCUT2D eigenvalue weighted by Gasteiger charge is 2.26. The minimum absolute atomic E-state index is 0.138. The molecule has 0 spiro atoms. The van der Waals surface area contributed by atoms with E-state index in [0.29, 0.717) is 18.9 Å². The monoisotopic (exact) mass is 245 g/mol. The maximum Gasteiger partial charge on any atom is 0.259 e. The molecule has 2 aromatic heterocycles. The summed E-state index contributed by atoms with van der Waals surface area (Å²) in [5.41, 5.74) is 0.283. The molecule has 1 saturated heterocycles. The molecule has 0 aliphatic carbocycles. The van der Waals surface area contributed by atoms with Crippen LogP contribution in [0.1, 0.15) is 0 Å². The molecule has 0 bridgehead atoms. The van der Waals surface area contributed by atoms with Crippen molar-refractivity contribution in [1.29, 1.82) is 0 Å². The number of anilines is 1. The second-order valence-electron chi connectivity index (χ2n) is 4.13. The molecule has 0 radical (unpaired) electrons. The highest BCUT2D eigenvalue weighted by Crippen LogP contribution is 2.12. The third kappa shape index (κ3) is 1.86. The van der Waals surface area contributed by atoms with Gasteiger partial charge in [-0.1, -0.05) is 6.07 Å². The molecule has 0 unspecified atom stereocenters. The molecule has 1 N–H and O–H groups in total. The van der Waals surface area contributed by atoms with Crippen molar-refractivity contribution in [2.75, 3.05) is 18.5 Å². The second-order valence-corrected chi connectivity index (χ2v) is 4.13. The van der Waals surface area contributed by atoms with E-state index in [0.717, 1.165) is 0 Å². The molecule has 3 rings (SSSR count). The first kappa shape index (κ1) is 10.9. The lowest BCUT2D eigenvalue weighted by Crippen LogP contribution is -2.38. The van der Waals surface area contributed by atoms with Gasteiger partial charge in [-0.2, -0.15) is 0 Å². The molecule has 1 aliphatic heterocycles. The first-order chi connectivity index (χ1) is 8.74. The van der Waals surface area contributed by atoms with Crippen molar-refractivity contribution >= 4 is 17.4 Å². The molecule has 18 heavy (non-hydrogen) atoms. The Balaban J connectivity index is 1.92. The molecular formula is C12H11N3O3. The van der Waals surface area contributed by atoms with Crippen LogP contribution in [0.15, 0.2) is 35.3 Å². The van der Waals surface area contributed by atoms with Gasteiger partial charge < -0.3 is 10.1 Å². The summed E-state index contributed by atoms with van der Waals surface area (Å²) in [6.07, 6.45) is 1.63. The Bertz CT molecular complexity index is 661. The van der Waals surface area contributed by atoms with Gasteiger partial charge in [-0.05, 0) is 12.1 Å². The summed E-state index contributed by atoms with van der Waals surface area (Å²) in [5.74, 6) is -0.0162. The largest absolute Gasteiger partial charge is 0.380 e. The van der Waals surface area contributed by atoms with E-state index in [2.05, 4.69) is 10.3 Å². The molecule has 6 heteroatoms. The molecule has 1 fully saturated rings. The summed E-state index contributed by atoms with van der Waals surface area (Å²) in [6.45, 7) is 0.858. The van der Waals surface area contributed by atoms with Crippen LogP contribution in [-0.2, 0) is 9.53 Å². The van der Waals surface area contributed by atoms with E-state index in [1.54, 1.807) is 24.4 Å². The van der Waals surface area contributed by atoms with Crippen molar-refractivity contribution in [2.45, 2.75) is 0 Å². The summed E-state index contributed by atoms with van der Waals surface area (Å²) >= 11 is 0. The Kier molecular flexibility index (Phi) is 2.56. The first-order valence-corrected chi connectivity index (χ1v) is 5.61. The fraction of sp³-hybridized carbons (Fsp3) is 0.250. The number of pyridine rings is 1. The lowest BCUT2D eigenvalue weighted by Gasteiger charge is -2.24. The van der Waals surface area contributed by atoms with Crippen LogP contribution >= 0.6 is 0 Å². The van der Waals surface area contributed by atoms with Gasteiger partial charge >= 0.3 is 0 Å². The fourth-order valence-electron chi connectivity index (χ4n) is 1.73. The van der Waals surface area contributed by atoms with Crippen LogP contribution in [0.3, 0.4) is 0 Å². The zero-order chi connectivity index (χ0) is 12.5. The van der Waals surface area contributed by atoms with Crippen LogP contribution in [0.2, 0.25) is 0 Å². The standard InChI is InChI=1S/C12H11N3O3/c16-11-5-9(14-12(17)8-6-18-7-8)13-10-3-1-2-4-15(10)11/h1-5,8H,6-7H2,(H,14,17). The molecule has 2 aromatic rings. The average Bonchev–Trinajstić information content (AvgIpc) is 2.26. The van der Waals surface area contributed by atoms with E-state index in [9.17, 15) is 9.59 Å². The van der Waals surface area contributed by atoms with Gasteiger partial charge in [-0.3, -0.25) is 14.0 Å². The summed E-state index contributed by atoms with van der Waals surface area (Å²) in [7, 11) is 0. The highest BCUT2D eigenvalue weighted by molar-refractivity contribution is 5.92. The number of hydrogen-bond acceptors (Lipinski definition) is 4. The van der Waals surface area contributed by atoms with E-state index in [1.165, 1.54) is 10.5 Å². The molecule has 3 heterocycles. The maximum atomic E-state index is 11.8. The quantitative estimate of drug-likeness (QED) is 0.824. The van der Waals surface area contributed by atoms with Gasteiger partial charge in [0.15, 0.2) is 0 Å². The number of amides is 1. The summed E-state index contributed by atoms with van der Waals surface area (Å²) in [5, 5.41) is 2.63. The number of ether oxygens (including phenoxy) is 1. The average molecular weight is 245 g/mol. The van der Waals surface area contributed by atoms with Crippen LogP contribution in [0.4, 0.5) is 5.82 Å². The van der Waals surface area contributed by atoms with Crippen molar-refractivity contribution in [1.82, 2.24) is 9.38 Å². The van der Waals surface area contributed by atoms with Crippen molar-refractivity contribution in [3.63, 3.8) is 0 Å². The Morgan fingerprint density at radius 3 is 3.00 bits per heavy atom. The number of fused-ring (bicyclic) bond motifs is 1. The molecular weight excluding hydrogens is 234 g/mol. The number of rotatable bonds is 2. The van der Waals surface area contributed by atoms with E-state index >= 15 is 0 Å². The Morgan fingerprint density at radius 2 is 2.28 bits per heavy atom. The van der Waals surface area contributed by atoms with Crippen LogP contribution in [0.5, 0.6) is 0 Å². The minimum atomic E-state index is -0.222. The van der Waals surface area contributed by atoms with Crippen LogP contribution < -0.4 is 10.9 Å². The summed E-state index contributed by atoms with van der Waals surface area (Å²) < 4.78 is 6.36. The predicted molar refractivity (Wildman–Crippen MR) is 64.4 cm³/mol. The Morgan fingerprint density at radius 1 is 1.44 bits per heavy atom. The maximum absolute atomic E-state index is 11.8. The van der Waals surface area contributed by atoms with Crippen molar-refractivity contribution in [3.05, 3.63) is 40.8 Å². The van der Waals surface area contributed by atoms with Gasteiger partial charge in [0.1, 0.15) is 11.5 Å². The lowest BCUT2D eigenvalue weighted by atomic mass is 10.1.